The predicted molar refractivity (Wildman–Crippen MR) is 134 cm³/mol. The molecule has 2 aromatic carbocycles. The molecule has 5 rings (SSSR count). The van der Waals surface area contributed by atoms with Crippen LogP contribution in [0.5, 0.6) is 0 Å². The molecular weight excluding hydrogens is 446 g/mol. The molecule has 0 saturated carbocycles. The van der Waals surface area contributed by atoms with Crippen LogP contribution in [-0.4, -0.2) is 36.3 Å². The highest BCUT2D eigenvalue weighted by molar-refractivity contribution is 7.89. The molecule has 2 heterocycles. The lowest BCUT2D eigenvalue weighted by molar-refractivity contribution is -0.122. The number of amides is 1. The van der Waals surface area contributed by atoms with Crippen molar-refractivity contribution >= 4 is 26.8 Å². The Hall–Kier alpha value is -2.64. The highest BCUT2D eigenvalue weighted by Gasteiger charge is 2.26. The van der Waals surface area contributed by atoms with Gasteiger partial charge >= 0.3 is 0 Å². The van der Waals surface area contributed by atoms with Crippen LogP contribution in [0.25, 0.3) is 10.9 Å². The summed E-state index contributed by atoms with van der Waals surface area (Å²) in [5, 5.41) is 4.11. The molecule has 3 aromatic rings. The first kappa shape index (κ1) is 23.1. The Bertz CT molecular complexity index is 1270. The summed E-state index contributed by atoms with van der Waals surface area (Å²) in [5.74, 6) is 0.0453. The quantitative estimate of drug-likeness (QED) is 0.553. The molecule has 1 aliphatic heterocycles. The fourth-order valence-electron chi connectivity index (χ4n) is 5.36. The summed E-state index contributed by atoms with van der Waals surface area (Å²) in [6.07, 6.45) is 9.50. The second-order valence-electron chi connectivity index (χ2n) is 9.51. The van der Waals surface area contributed by atoms with Crippen LogP contribution in [0, 0.1) is 0 Å². The second kappa shape index (κ2) is 9.92. The molecule has 1 amide bonds. The first-order valence-corrected chi connectivity index (χ1v) is 13.9. The van der Waals surface area contributed by atoms with Crippen LogP contribution in [0.15, 0.2) is 59.6 Å². The highest BCUT2D eigenvalue weighted by Crippen LogP contribution is 2.29. The van der Waals surface area contributed by atoms with Crippen molar-refractivity contribution in [3.63, 3.8) is 0 Å². The standard InChI is InChI=1S/C27H33N3O3S/c31-27(28-25-11-7-9-21-8-3-4-10-24(21)25)15-19-29-18-14-22-20-23(12-13-26(22)29)34(32,33)30-16-5-1-2-6-17-30/h3-4,8,10,12-14,18,20,25H,1-2,5-7,9,11,15-17,19H2,(H,28,31)/t25-/m0/s1. The van der Waals surface area contributed by atoms with Crippen molar-refractivity contribution in [1.29, 1.82) is 0 Å². The van der Waals surface area contributed by atoms with E-state index in [0.29, 0.717) is 31.0 Å². The largest absolute Gasteiger partial charge is 0.349 e. The Kier molecular flexibility index (Phi) is 6.75. The molecule has 6 nitrogen and oxygen atoms in total. The molecule has 0 spiro atoms. The lowest BCUT2D eigenvalue weighted by Crippen LogP contribution is -2.31. The Labute approximate surface area is 202 Å². The summed E-state index contributed by atoms with van der Waals surface area (Å²) in [4.78, 5) is 13.1. The van der Waals surface area contributed by atoms with Gasteiger partial charge < -0.3 is 9.88 Å². The number of fused-ring (bicyclic) bond motifs is 2. The van der Waals surface area contributed by atoms with Crippen molar-refractivity contribution < 1.29 is 13.2 Å². The van der Waals surface area contributed by atoms with Gasteiger partial charge in [-0.2, -0.15) is 4.31 Å². The van der Waals surface area contributed by atoms with Crippen LogP contribution in [0.1, 0.15) is 62.1 Å². The number of carbonyl (C=O) groups is 1. The Morgan fingerprint density at radius 2 is 1.76 bits per heavy atom. The number of hydrogen-bond acceptors (Lipinski definition) is 3. The van der Waals surface area contributed by atoms with E-state index >= 15 is 0 Å². The maximum atomic E-state index is 13.1. The minimum absolute atomic E-state index is 0.0453. The zero-order chi connectivity index (χ0) is 23.5. The predicted octanol–water partition coefficient (Wildman–Crippen LogP) is 4.79. The van der Waals surface area contributed by atoms with Gasteiger partial charge in [-0.05, 0) is 67.5 Å². The van der Waals surface area contributed by atoms with E-state index < -0.39 is 10.0 Å². The number of benzene rings is 2. The van der Waals surface area contributed by atoms with E-state index in [1.165, 1.54) is 11.1 Å². The molecule has 1 aromatic heterocycles. The third-order valence-corrected chi connectivity index (χ3v) is 9.12. The van der Waals surface area contributed by atoms with E-state index in [0.717, 1.165) is 55.8 Å². The van der Waals surface area contributed by atoms with Crippen LogP contribution in [0.4, 0.5) is 0 Å². The van der Waals surface area contributed by atoms with E-state index in [4.69, 9.17) is 0 Å². The van der Waals surface area contributed by atoms with Crippen LogP contribution in [0.2, 0.25) is 0 Å². The number of nitrogens with one attached hydrogen (secondary N) is 1. The molecule has 2 aliphatic rings. The summed E-state index contributed by atoms with van der Waals surface area (Å²) in [6.45, 7) is 1.76. The number of nitrogens with zero attached hydrogens (tertiary/aromatic N) is 2. The molecule has 34 heavy (non-hydrogen) atoms. The summed E-state index contributed by atoms with van der Waals surface area (Å²) in [5.41, 5.74) is 3.53. The van der Waals surface area contributed by atoms with E-state index in [1.807, 2.05) is 29.0 Å². The molecule has 1 fully saturated rings. The van der Waals surface area contributed by atoms with Gasteiger partial charge in [0.2, 0.25) is 15.9 Å². The fraction of sp³-hybridized carbons (Fsp3) is 0.444. The Balaban J connectivity index is 1.25. The van der Waals surface area contributed by atoms with E-state index in [-0.39, 0.29) is 11.9 Å². The third kappa shape index (κ3) is 4.77. The average Bonchev–Trinajstić information content (AvgIpc) is 3.05. The van der Waals surface area contributed by atoms with Gasteiger partial charge in [0.05, 0.1) is 10.9 Å². The van der Waals surface area contributed by atoms with Gasteiger partial charge in [0.15, 0.2) is 0 Å². The van der Waals surface area contributed by atoms with E-state index in [2.05, 4.69) is 23.5 Å². The molecule has 0 radical (unpaired) electrons. The first-order chi connectivity index (χ1) is 16.5. The van der Waals surface area contributed by atoms with Crippen molar-refractivity contribution in [1.82, 2.24) is 14.2 Å². The van der Waals surface area contributed by atoms with Gasteiger partial charge in [0.25, 0.3) is 0 Å². The summed E-state index contributed by atoms with van der Waals surface area (Å²) >= 11 is 0. The van der Waals surface area contributed by atoms with Crippen molar-refractivity contribution in [2.75, 3.05) is 13.1 Å². The monoisotopic (exact) mass is 479 g/mol. The van der Waals surface area contributed by atoms with Crippen LogP contribution < -0.4 is 5.32 Å². The molecule has 1 atom stereocenters. The molecule has 7 heteroatoms. The number of rotatable bonds is 6. The Morgan fingerprint density at radius 1 is 0.971 bits per heavy atom. The number of hydrogen-bond donors (Lipinski definition) is 1. The fourth-order valence-corrected chi connectivity index (χ4v) is 6.91. The van der Waals surface area contributed by atoms with Crippen LogP contribution in [0.3, 0.4) is 0 Å². The van der Waals surface area contributed by atoms with Gasteiger partial charge in [-0.1, -0.05) is 37.1 Å². The molecular formula is C27H33N3O3S. The highest BCUT2D eigenvalue weighted by atomic mass is 32.2. The number of carbonyl (C=O) groups excluding carboxylic acids is 1. The summed E-state index contributed by atoms with van der Waals surface area (Å²) in [7, 11) is -3.47. The third-order valence-electron chi connectivity index (χ3n) is 7.23. The maximum Gasteiger partial charge on any atom is 0.243 e. The lowest BCUT2D eigenvalue weighted by Gasteiger charge is -2.26. The molecule has 1 saturated heterocycles. The number of aromatic nitrogens is 1. The van der Waals surface area contributed by atoms with Crippen molar-refractivity contribution in [2.24, 2.45) is 0 Å². The van der Waals surface area contributed by atoms with Gasteiger partial charge in [0, 0.05) is 43.2 Å². The van der Waals surface area contributed by atoms with Crippen molar-refractivity contribution in [3.8, 4) is 0 Å². The van der Waals surface area contributed by atoms with Gasteiger partial charge in [0.1, 0.15) is 0 Å². The number of aryl methyl sites for hydroxylation is 2. The minimum Gasteiger partial charge on any atom is -0.349 e. The maximum absolute atomic E-state index is 13.1. The average molecular weight is 480 g/mol. The normalized spacial score (nSPS) is 19.5. The van der Waals surface area contributed by atoms with E-state index in [9.17, 15) is 13.2 Å². The summed E-state index contributed by atoms with van der Waals surface area (Å²) in [6, 6.07) is 15.7. The molecule has 180 valence electrons. The lowest BCUT2D eigenvalue weighted by atomic mass is 9.88. The van der Waals surface area contributed by atoms with Crippen molar-refractivity contribution in [2.45, 2.75) is 68.8 Å². The van der Waals surface area contributed by atoms with Crippen LogP contribution in [-0.2, 0) is 27.8 Å². The topological polar surface area (TPSA) is 71.4 Å². The molecule has 0 bridgehead atoms. The zero-order valence-electron chi connectivity index (χ0n) is 19.6. The van der Waals surface area contributed by atoms with Gasteiger partial charge in [-0.15, -0.1) is 0 Å². The SMILES string of the molecule is O=C(CCn1ccc2cc(S(=O)(=O)N3CCCCCC3)ccc21)N[C@H]1CCCc2ccccc21. The first-order valence-electron chi connectivity index (χ1n) is 12.5. The molecule has 1 N–H and O–H groups in total. The molecule has 0 unspecified atom stereocenters. The van der Waals surface area contributed by atoms with Gasteiger partial charge in [-0.25, -0.2) is 8.42 Å². The minimum atomic E-state index is -3.47. The number of sulfonamides is 1. The molecule has 1 aliphatic carbocycles. The zero-order valence-corrected chi connectivity index (χ0v) is 20.4. The summed E-state index contributed by atoms with van der Waals surface area (Å²) < 4.78 is 30.0. The van der Waals surface area contributed by atoms with E-state index in [1.54, 1.807) is 16.4 Å². The smallest absolute Gasteiger partial charge is 0.243 e. The second-order valence-corrected chi connectivity index (χ2v) is 11.4. The van der Waals surface area contributed by atoms with Crippen molar-refractivity contribution in [3.05, 3.63) is 65.9 Å². The Morgan fingerprint density at radius 3 is 2.59 bits per heavy atom. The van der Waals surface area contributed by atoms with Gasteiger partial charge in [-0.3, -0.25) is 4.79 Å². The van der Waals surface area contributed by atoms with Crippen LogP contribution >= 0.6 is 0 Å².